The van der Waals surface area contributed by atoms with Crippen LogP contribution in [0.5, 0.6) is 0 Å². The third-order valence-corrected chi connectivity index (χ3v) is 3.43. The number of nitrogens with one attached hydrogen (secondary N) is 1. The number of furan rings is 1. The van der Waals surface area contributed by atoms with Gasteiger partial charge in [-0.05, 0) is 42.5 Å². The molecule has 20 heavy (non-hydrogen) atoms. The monoisotopic (exact) mass is 271 g/mol. The van der Waals surface area contributed by atoms with Gasteiger partial charge in [-0.15, -0.1) is 0 Å². The van der Waals surface area contributed by atoms with E-state index in [-0.39, 0.29) is 11.3 Å². The predicted molar refractivity (Wildman–Crippen MR) is 72.1 cm³/mol. The zero-order valence-electron chi connectivity index (χ0n) is 10.7. The molecule has 0 bridgehead atoms. The van der Waals surface area contributed by atoms with Crippen molar-refractivity contribution >= 4 is 17.6 Å². The van der Waals surface area contributed by atoms with E-state index in [0.717, 1.165) is 25.5 Å². The molecule has 5 heteroatoms. The van der Waals surface area contributed by atoms with E-state index in [1.54, 1.807) is 0 Å². The van der Waals surface area contributed by atoms with Gasteiger partial charge in [-0.3, -0.25) is 4.79 Å². The third-order valence-electron chi connectivity index (χ3n) is 3.43. The van der Waals surface area contributed by atoms with Crippen molar-refractivity contribution in [2.24, 2.45) is 0 Å². The molecule has 1 heterocycles. The minimum Gasteiger partial charge on any atom is -0.478 e. The summed E-state index contributed by atoms with van der Waals surface area (Å²) >= 11 is 0. The number of carboxylic acids is 1. The molecule has 0 radical (unpaired) electrons. The molecule has 1 aliphatic carbocycles. The largest absolute Gasteiger partial charge is 0.478 e. The first-order chi connectivity index (χ1) is 9.63. The highest BCUT2D eigenvalue weighted by Crippen LogP contribution is 2.25. The maximum atomic E-state index is 12.0. The van der Waals surface area contributed by atoms with Gasteiger partial charge in [0, 0.05) is 11.8 Å². The van der Waals surface area contributed by atoms with Crippen LogP contribution in [0.25, 0.3) is 0 Å². The average Bonchev–Trinajstić information content (AvgIpc) is 3.07. The maximum absolute atomic E-state index is 12.0. The van der Waals surface area contributed by atoms with Crippen molar-refractivity contribution < 1.29 is 19.1 Å². The molecule has 0 aliphatic heterocycles. The number of hydrogen-bond acceptors (Lipinski definition) is 3. The fourth-order valence-electron chi connectivity index (χ4n) is 2.41. The van der Waals surface area contributed by atoms with Gasteiger partial charge in [-0.2, -0.15) is 0 Å². The molecule has 0 spiro atoms. The second kappa shape index (κ2) is 4.85. The van der Waals surface area contributed by atoms with Gasteiger partial charge in [0.25, 0.3) is 5.91 Å². The van der Waals surface area contributed by atoms with Crippen LogP contribution in [0.4, 0.5) is 5.69 Å². The van der Waals surface area contributed by atoms with Gasteiger partial charge in [-0.25, -0.2) is 4.79 Å². The van der Waals surface area contributed by atoms with Crippen molar-refractivity contribution in [3.05, 3.63) is 53.0 Å². The second-order valence-corrected chi connectivity index (χ2v) is 4.80. The second-order valence-electron chi connectivity index (χ2n) is 4.80. The minimum absolute atomic E-state index is 0.0112. The molecule has 2 aromatic rings. The smallest absolute Gasteiger partial charge is 0.338 e. The van der Waals surface area contributed by atoms with E-state index in [1.165, 1.54) is 17.2 Å². The molecular formula is C15H13NO4. The van der Waals surface area contributed by atoms with E-state index < -0.39 is 11.9 Å². The summed E-state index contributed by atoms with van der Waals surface area (Å²) in [6, 6.07) is 7.04. The first kappa shape index (κ1) is 12.5. The van der Waals surface area contributed by atoms with Crippen LogP contribution in [-0.4, -0.2) is 17.0 Å². The van der Waals surface area contributed by atoms with Crippen LogP contribution in [0.15, 0.2) is 34.9 Å². The normalized spacial score (nSPS) is 13.0. The van der Waals surface area contributed by atoms with Gasteiger partial charge in [0.15, 0.2) is 5.76 Å². The summed E-state index contributed by atoms with van der Waals surface area (Å²) < 4.78 is 4.96. The minimum atomic E-state index is -1.12. The molecule has 0 saturated heterocycles. The highest BCUT2D eigenvalue weighted by atomic mass is 16.4. The number of carbonyl (C=O) groups excluding carboxylic acids is 1. The van der Waals surface area contributed by atoms with Crippen LogP contribution >= 0.6 is 0 Å². The van der Waals surface area contributed by atoms with E-state index in [9.17, 15) is 9.59 Å². The molecule has 0 saturated carbocycles. The van der Waals surface area contributed by atoms with Crippen LogP contribution in [-0.2, 0) is 12.8 Å². The van der Waals surface area contributed by atoms with Crippen LogP contribution in [0.2, 0.25) is 0 Å². The molecule has 1 aromatic heterocycles. The van der Waals surface area contributed by atoms with Crippen molar-refractivity contribution in [3.63, 3.8) is 0 Å². The molecule has 1 amide bonds. The van der Waals surface area contributed by atoms with Crippen molar-refractivity contribution in [1.29, 1.82) is 0 Å². The lowest BCUT2D eigenvalue weighted by atomic mass is 10.1. The van der Waals surface area contributed by atoms with Crippen molar-refractivity contribution in [2.75, 3.05) is 5.32 Å². The highest BCUT2D eigenvalue weighted by Gasteiger charge is 2.16. The molecule has 3 rings (SSSR count). The lowest BCUT2D eigenvalue weighted by Gasteiger charge is -2.05. The Morgan fingerprint density at radius 1 is 1.15 bits per heavy atom. The maximum Gasteiger partial charge on any atom is 0.338 e. The van der Waals surface area contributed by atoms with Gasteiger partial charge in [0.2, 0.25) is 0 Å². The van der Waals surface area contributed by atoms with Gasteiger partial charge in [0.05, 0.1) is 5.56 Å². The number of fused-ring (bicyclic) bond motifs is 1. The lowest BCUT2D eigenvalue weighted by molar-refractivity contribution is 0.0696. The molecule has 0 atom stereocenters. The predicted octanol–water partition coefficient (Wildman–Crippen LogP) is 2.72. The Balaban J connectivity index is 1.76. The summed E-state index contributed by atoms with van der Waals surface area (Å²) in [6.07, 6.45) is 4.32. The summed E-state index contributed by atoms with van der Waals surface area (Å²) in [7, 11) is 0. The molecule has 0 unspecified atom stereocenters. The summed E-state index contributed by atoms with van der Waals surface area (Å²) in [5, 5.41) is 11.5. The number of amides is 1. The first-order valence-corrected chi connectivity index (χ1v) is 6.38. The van der Waals surface area contributed by atoms with Crippen LogP contribution in [0.3, 0.4) is 0 Å². The van der Waals surface area contributed by atoms with E-state index in [2.05, 4.69) is 5.32 Å². The van der Waals surface area contributed by atoms with Gasteiger partial charge < -0.3 is 14.8 Å². The Morgan fingerprint density at radius 2 is 1.95 bits per heavy atom. The number of anilines is 1. The van der Waals surface area contributed by atoms with Crippen molar-refractivity contribution in [1.82, 2.24) is 0 Å². The number of aryl methyl sites for hydroxylation is 2. The molecule has 5 nitrogen and oxygen atoms in total. The van der Waals surface area contributed by atoms with Gasteiger partial charge in [-0.1, -0.05) is 6.07 Å². The molecule has 0 fully saturated rings. The molecule has 2 N–H and O–H groups in total. The molecular weight excluding hydrogens is 258 g/mol. The molecule has 102 valence electrons. The first-order valence-electron chi connectivity index (χ1n) is 6.38. The summed E-state index contributed by atoms with van der Waals surface area (Å²) in [6.45, 7) is 0. The summed E-state index contributed by atoms with van der Waals surface area (Å²) in [5.74, 6) is -1.58. The number of carbonyl (C=O) groups is 2. The topological polar surface area (TPSA) is 79.5 Å². The van der Waals surface area contributed by atoms with Crippen molar-refractivity contribution in [3.8, 4) is 0 Å². The quantitative estimate of drug-likeness (QED) is 0.899. The Bertz CT molecular complexity index is 687. The number of hydrogen-bond donors (Lipinski definition) is 2. The molecule has 1 aromatic carbocycles. The third kappa shape index (κ3) is 2.30. The van der Waals surface area contributed by atoms with Gasteiger partial charge >= 0.3 is 5.97 Å². The van der Waals surface area contributed by atoms with Crippen molar-refractivity contribution in [2.45, 2.75) is 19.3 Å². The summed E-state index contributed by atoms with van der Waals surface area (Å²) in [4.78, 5) is 22.7. The summed E-state index contributed by atoms with van der Waals surface area (Å²) in [5.41, 5.74) is 3.25. The van der Waals surface area contributed by atoms with Gasteiger partial charge in [0.1, 0.15) is 6.26 Å². The zero-order valence-corrected chi connectivity index (χ0v) is 10.7. The van der Waals surface area contributed by atoms with E-state index in [0.29, 0.717) is 5.69 Å². The number of rotatable bonds is 3. The number of aromatic carboxylic acids is 1. The SMILES string of the molecule is O=C(O)c1coc(C(=O)Nc2ccc3c(c2)CCC3)c1. The van der Waals surface area contributed by atoms with Crippen LogP contribution in [0, 0.1) is 0 Å². The van der Waals surface area contributed by atoms with Crippen LogP contribution in [0.1, 0.15) is 38.5 Å². The Labute approximate surface area is 115 Å². The Hall–Kier alpha value is -2.56. The van der Waals surface area contributed by atoms with E-state index >= 15 is 0 Å². The fraction of sp³-hybridized carbons (Fsp3) is 0.200. The van der Waals surface area contributed by atoms with E-state index in [1.807, 2.05) is 18.2 Å². The van der Waals surface area contributed by atoms with Crippen LogP contribution < -0.4 is 5.32 Å². The molecule has 1 aliphatic rings. The zero-order chi connectivity index (χ0) is 14.1. The number of benzene rings is 1. The van der Waals surface area contributed by atoms with E-state index in [4.69, 9.17) is 9.52 Å². The fourth-order valence-corrected chi connectivity index (χ4v) is 2.41. The Morgan fingerprint density at radius 3 is 2.70 bits per heavy atom. The Kier molecular flexibility index (Phi) is 3.02. The number of carboxylic acid groups (broad SMARTS) is 1. The lowest BCUT2D eigenvalue weighted by Crippen LogP contribution is -2.11. The standard InChI is InChI=1S/C15H13NO4/c17-14(13-7-11(8-20-13)15(18)19)16-12-5-4-9-2-1-3-10(9)6-12/h4-8H,1-3H2,(H,16,17)(H,18,19). The average molecular weight is 271 g/mol. The highest BCUT2D eigenvalue weighted by molar-refractivity contribution is 6.03.